The second-order valence-corrected chi connectivity index (χ2v) is 7.54. The van der Waals surface area contributed by atoms with Crippen molar-refractivity contribution in [1.82, 2.24) is 0 Å². The van der Waals surface area contributed by atoms with E-state index in [2.05, 4.69) is 0 Å². The van der Waals surface area contributed by atoms with E-state index in [4.69, 9.17) is 20.0 Å². The summed E-state index contributed by atoms with van der Waals surface area (Å²) < 4.78 is 52.0. The van der Waals surface area contributed by atoms with Gasteiger partial charge in [0.05, 0.1) is 6.42 Å². The minimum Gasteiger partial charge on any atom is -0.489 e. The van der Waals surface area contributed by atoms with Crippen LogP contribution in [-0.2, 0) is 30.5 Å². The highest BCUT2D eigenvalue weighted by molar-refractivity contribution is 5.95. The number of nitrogens with two attached hydrogens (primary N) is 1. The van der Waals surface area contributed by atoms with Crippen molar-refractivity contribution in [3.05, 3.63) is 89.2 Å². The van der Waals surface area contributed by atoms with Crippen LogP contribution in [0.2, 0.25) is 0 Å². The summed E-state index contributed by atoms with van der Waals surface area (Å²) in [4.78, 5) is 11.1. The van der Waals surface area contributed by atoms with E-state index in [0.29, 0.717) is 34.3 Å². The Morgan fingerprint density at radius 2 is 1.82 bits per heavy atom. The number of carbonyl (C=O) groups is 1. The first-order valence-electron chi connectivity index (χ1n) is 10.1. The Bertz CT molecular complexity index is 1310. The molecule has 0 amide bonds. The molecule has 33 heavy (non-hydrogen) atoms. The maximum atomic E-state index is 13.6. The second kappa shape index (κ2) is 8.99. The lowest BCUT2D eigenvalue weighted by Crippen LogP contribution is -2.05. The maximum absolute atomic E-state index is 13.6. The van der Waals surface area contributed by atoms with Crippen molar-refractivity contribution in [1.29, 1.82) is 0 Å². The van der Waals surface area contributed by atoms with Crippen LogP contribution in [0.15, 0.2) is 71.3 Å². The fourth-order valence-electron chi connectivity index (χ4n) is 3.69. The minimum atomic E-state index is -4.59. The number of halogens is 3. The summed E-state index contributed by atoms with van der Waals surface area (Å²) >= 11 is 0. The predicted molar refractivity (Wildman–Crippen MR) is 117 cm³/mol. The SMILES string of the molecule is NCc1cccc(-c2cc(COc3ccccc3CC(=O)O)cc3c(C(F)(F)F)coc23)c1. The molecule has 5 nitrogen and oxygen atoms in total. The first kappa shape index (κ1) is 22.4. The first-order chi connectivity index (χ1) is 15.8. The number of carboxylic acids is 1. The van der Waals surface area contributed by atoms with E-state index in [9.17, 15) is 18.0 Å². The number of rotatable bonds is 7. The largest absolute Gasteiger partial charge is 0.489 e. The van der Waals surface area contributed by atoms with E-state index < -0.39 is 17.7 Å². The number of furan rings is 1. The number of alkyl halides is 3. The Morgan fingerprint density at radius 1 is 1.03 bits per heavy atom. The molecular weight excluding hydrogens is 435 g/mol. The van der Waals surface area contributed by atoms with Gasteiger partial charge in [0.15, 0.2) is 0 Å². The summed E-state index contributed by atoms with van der Waals surface area (Å²) in [5, 5.41) is 9.03. The highest BCUT2D eigenvalue weighted by atomic mass is 19.4. The van der Waals surface area contributed by atoms with Gasteiger partial charge in [-0.25, -0.2) is 0 Å². The number of aliphatic carboxylic acids is 1. The summed E-state index contributed by atoms with van der Waals surface area (Å²) in [7, 11) is 0. The molecule has 3 aromatic carbocycles. The van der Waals surface area contributed by atoms with Crippen LogP contribution in [0.5, 0.6) is 5.75 Å². The molecule has 0 bridgehead atoms. The van der Waals surface area contributed by atoms with E-state index in [1.165, 1.54) is 6.07 Å². The minimum absolute atomic E-state index is 0.0569. The molecule has 0 aliphatic heterocycles. The third-order valence-corrected chi connectivity index (χ3v) is 5.22. The zero-order valence-electron chi connectivity index (χ0n) is 17.4. The Kier molecular flexibility index (Phi) is 6.11. The number of fused-ring (bicyclic) bond motifs is 1. The Labute approximate surface area is 187 Å². The predicted octanol–water partition coefficient (Wildman–Crippen LogP) is 5.78. The highest BCUT2D eigenvalue weighted by Crippen LogP contribution is 2.40. The van der Waals surface area contributed by atoms with Crippen LogP contribution < -0.4 is 10.5 Å². The third kappa shape index (κ3) is 4.85. The lowest BCUT2D eigenvalue weighted by molar-refractivity contribution is -0.137. The molecule has 4 rings (SSSR count). The second-order valence-electron chi connectivity index (χ2n) is 7.54. The molecule has 4 aromatic rings. The zero-order chi connectivity index (χ0) is 23.6. The van der Waals surface area contributed by atoms with Crippen molar-refractivity contribution in [2.45, 2.75) is 25.7 Å². The molecule has 3 N–H and O–H groups in total. The van der Waals surface area contributed by atoms with Crippen LogP contribution in [0, 0.1) is 0 Å². The summed E-state index contributed by atoms with van der Waals surface area (Å²) in [6.45, 7) is 0.227. The van der Waals surface area contributed by atoms with Gasteiger partial charge >= 0.3 is 12.1 Å². The van der Waals surface area contributed by atoms with Crippen molar-refractivity contribution in [3.8, 4) is 16.9 Å². The van der Waals surface area contributed by atoms with Gasteiger partial charge in [0, 0.05) is 23.1 Å². The number of hydrogen-bond acceptors (Lipinski definition) is 4. The van der Waals surface area contributed by atoms with Gasteiger partial charge in [0.1, 0.15) is 29.8 Å². The molecule has 0 spiro atoms. The molecular formula is C25H20F3NO4. The van der Waals surface area contributed by atoms with Crippen molar-refractivity contribution in [3.63, 3.8) is 0 Å². The Balaban J connectivity index is 1.78. The number of benzene rings is 3. The fraction of sp³-hybridized carbons (Fsp3) is 0.160. The van der Waals surface area contributed by atoms with E-state index in [0.717, 1.165) is 5.56 Å². The molecule has 0 fully saturated rings. The molecule has 0 saturated heterocycles. The molecule has 0 saturated carbocycles. The van der Waals surface area contributed by atoms with Gasteiger partial charge in [-0.05, 0) is 41.0 Å². The van der Waals surface area contributed by atoms with Crippen LogP contribution in [0.4, 0.5) is 13.2 Å². The topological polar surface area (TPSA) is 85.7 Å². The normalized spacial score (nSPS) is 11.6. The number of hydrogen-bond donors (Lipinski definition) is 2. The Hall–Kier alpha value is -3.78. The standard InChI is InChI=1S/C25H20F3NO4/c26-25(27,28)21-14-33-24-19(17-6-3-4-15(8-17)12-29)9-16(10-20(21)24)13-32-22-7-2-1-5-18(22)11-23(30)31/h1-10,14H,11-13,29H2,(H,30,31). The van der Waals surface area contributed by atoms with Crippen LogP contribution in [0.3, 0.4) is 0 Å². The average Bonchev–Trinajstić information content (AvgIpc) is 3.22. The number of carboxylic acid groups (broad SMARTS) is 1. The van der Waals surface area contributed by atoms with Crippen LogP contribution in [0.1, 0.15) is 22.3 Å². The molecule has 0 radical (unpaired) electrons. The quantitative estimate of drug-likeness (QED) is 0.369. The summed E-state index contributed by atoms with van der Waals surface area (Å²) in [6.07, 6.45) is -4.10. The Morgan fingerprint density at radius 3 is 2.55 bits per heavy atom. The van der Waals surface area contributed by atoms with Crippen molar-refractivity contribution < 1.29 is 32.2 Å². The zero-order valence-corrected chi connectivity index (χ0v) is 17.4. The van der Waals surface area contributed by atoms with Gasteiger partial charge < -0.3 is 20.0 Å². The highest BCUT2D eigenvalue weighted by Gasteiger charge is 2.35. The van der Waals surface area contributed by atoms with Crippen molar-refractivity contribution in [2.75, 3.05) is 0 Å². The molecule has 0 unspecified atom stereocenters. The lowest BCUT2D eigenvalue weighted by atomic mass is 9.97. The average molecular weight is 455 g/mol. The lowest BCUT2D eigenvalue weighted by Gasteiger charge is -2.13. The van der Waals surface area contributed by atoms with Gasteiger partial charge in [-0.3, -0.25) is 4.79 Å². The number of ether oxygens (including phenoxy) is 1. The molecule has 1 heterocycles. The van der Waals surface area contributed by atoms with Crippen molar-refractivity contribution in [2.24, 2.45) is 5.73 Å². The van der Waals surface area contributed by atoms with E-state index in [1.807, 2.05) is 6.07 Å². The molecule has 8 heteroatoms. The van der Waals surface area contributed by atoms with Gasteiger partial charge in [0.25, 0.3) is 0 Å². The van der Waals surface area contributed by atoms with Gasteiger partial charge in [0.2, 0.25) is 0 Å². The van der Waals surface area contributed by atoms with Crippen LogP contribution in [-0.4, -0.2) is 11.1 Å². The van der Waals surface area contributed by atoms with Crippen molar-refractivity contribution >= 4 is 16.9 Å². The fourth-order valence-corrected chi connectivity index (χ4v) is 3.69. The smallest absolute Gasteiger partial charge is 0.420 e. The molecule has 170 valence electrons. The van der Waals surface area contributed by atoms with E-state index in [1.54, 1.807) is 48.5 Å². The molecule has 0 aliphatic carbocycles. The third-order valence-electron chi connectivity index (χ3n) is 5.22. The van der Waals surface area contributed by atoms with Crippen LogP contribution in [0.25, 0.3) is 22.1 Å². The summed E-state index contributed by atoms with van der Waals surface area (Å²) in [5.74, 6) is -0.655. The van der Waals surface area contributed by atoms with Gasteiger partial charge in [-0.1, -0.05) is 36.4 Å². The monoisotopic (exact) mass is 455 g/mol. The molecule has 1 aromatic heterocycles. The van der Waals surface area contributed by atoms with E-state index >= 15 is 0 Å². The van der Waals surface area contributed by atoms with Crippen LogP contribution >= 0.6 is 0 Å². The van der Waals surface area contributed by atoms with Gasteiger partial charge in [-0.2, -0.15) is 13.2 Å². The van der Waals surface area contributed by atoms with Gasteiger partial charge in [-0.15, -0.1) is 0 Å². The summed E-state index contributed by atoms with van der Waals surface area (Å²) in [6, 6.07) is 16.9. The first-order valence-corrected chi connectivity index (χ1v) is 10.1. The number of para-hydroxylation sites is 1. The molecule has 0 aliphatic rings. The van der Waals surface area contributed by atoms with E-state index in [-0.39, 0.29) is 30.5 Å². The summed E-state index contributed by atoms with van der Waals surface area (Å²) in [5.41, 5.74) is 7.90. The molecule has 0 atom stereocenters. The maximum Gasteiger partial charge on any atom is 0.420 e.